The van der Waals surface area contributed by atoms with Crippen LogP contribution in [0, 0.1) is 27.4 Å². The van der Waals surface area contributed by atoms with Crippen LogP contribution in [0.15, 0.2) is 24.3 Å². The SMILES string of the molecule is CCC(CC#N)C(=O)c1ccc([N+](=O)[O-])cc1. The molecule has 0 radical (unpaired) electrons. The van der Waals surface area contributed by atoms with Crippen molar-refractivity contribution in [2.24, 2.45) is 5.92 Å². The number of nitro benzene ring substituents is 1. The number of rotatable bonds is 5. The molecule has 0 bridgehead atoms. The van der Waals surface area contributed by atoms with Crippen molar-refractivity contribution >= 4 is 11.5 Å². The highest BCUT2D eigenvalue weighted by molar-refractivity contribution is 5.98. The molecular weight excluding hydrogens is 220 g/mol. The first kappa shape index (κ1) is 12.8. The average molecular weight is 232 g/mol. The van der Waals surface area contributed by atoms with Gasteiger partial charge in [-0.1, -0.05) is 6.92 Å². The molecule has 1 unspecified atom stereocenters. The van der Waals surface area contributed by atoms with Crippen molar-refractivity contribution < 1.29 is 9.72 Å². The Morgan fingerprint density at radius 1 is 1.47 bits per heavy atom. The molecule has 1 aromatic rings. The number of non-ortho nitro benzene ring substituents is 1. The number of carbonyl (C=O) groups excluding carboxylic acids is 1. The van der Waals surface area contributed by atoms with Gasteiger partial charge in [-0.3, -0.25) is 14.9 Å². The van der Waals surface area contributed by atoms with Crippen molar-refractivity contribution in [1.29, 1.82) is 5.26 Å². The number of hydrogen-bond acceptors (Lipinski definition) is 4. The monoisotopic (exact) mass is 232 g/mol. The Balaban J connectivity index is 2.89. The molecule has 0 amide bonds. The number of hydrogen-bond donors (Lipinski definition) is 0. The summed E-state index contributed by atoms with van der Waals surface area (Å²) in [7, 11) is 0. The Kier molecular flexibility index (Phi) is 4.35. The van der Waals surface area contributed by atoms with Gasteiger partial charge < -0.3 is 0 Å². The van der Waals surface area contributed by atoms with Crippen LogP contribution in [0.3, 0.4) is 0 Å². The molecule has 1 rings (SSSR count). The van der Waals surface area contributed by atoms with Crippen LogP contribution in [-0.4, -0.2) is 10.7 Å². The number of nitrogens with zero attached hydrogens (tertiary/aromatic N) is 2. The van der Waals surface area contributed by atoms with E-state index in [2.05, 4.69) is 0 Å². The topological polar surface area (TPSA) is 84.0 Å². The minimum atomic E-state index is -0.513. The second kappa shape index (κ2) is 5.75. The van der Waals surface area contributed by atoms with Crippen LogP contribution in [0.2, 0.25) is 0 Å². The number of carbonyl (C=O) groups is 1. The van der Waals surface area contributed by atoms with Gasteiger partial charge in [0.2, 0.25) is 0 Å². The third kappa shape index (κ3) is 3.11. The average Bonchev–Trinajstić information content (AvgIpc) is 2.35. The molecular formula is C12H12N2O3. The van der Waals surface area contributed by atoms with E-state index < -0.39 is 4.92 Å². The molecule has 0 saturated heterocycles. The molecule has 0 aliphatic carbocycles. The van der Waals surface area contributed by atoms with Crippen LogP contribution < -0.4 is 0 Å². The third-order valence-corrected chi connectivity index (χ3v) is 2.56. The molecule has 88 valence electrons. The normalized spacial score (nSPS) is 11.5. The lowest BCUT2D eigenvalue weighted by Crippen LogP contribution is -2.13. The van der Waals surface area contributed by atoms with E-state index in [0.29, 0.717) is 12.0 Å². The van der Waals surface area contributed by atoms with Gasteiger partial charge in [-0.15, -0.1) is 0 Å². The highest BCUT2D eigenvalue weighted by atomic mass is 16.6. The molecule has 1 atom stereocenters. The van der Waals surface area contributed by atoms with Gasteiger partial charge in [-0.25, -0.2) is 0 Å². The smallest absolute Gasteiger partial charge is 0.269 e. The van der Waals surface area contributed by atoms with E-state index >= 15 is 0 Å². The minimum Gasteiger partial charge on any atom is -0.294 e. The van der Waals surface area contributed by atoms with E-state index in [1.54, 1.807) is 0 Å². The number of nitro groups is 1. The Hall–Kier alpha value is -2.22. The Morgan fingerprint density at radius 3 is 2.47 bits per heavy atom. The number of Topliss-reactive ketones (excluding diaryl/α,β-unsaturated/α-hetero) is 1. The summed E-state index contributed by atoms with van der Waals surface area (Å²) in [5, 5.41) is 19.0. The van der Waals surface area contributed by atoms with Crippen LogP contribution in [-0.2, 0) is 0 Å². The van der Waals surface area contributed by atoms with E-state index in [-0.39, 0.29) is 23.8 Å². The molecule has 0 spiro atoms. The number of ketones is 1. The van der Waals surface area contributed by atoms with Gasteiger partial charge in [0.1, 0.15) is 0 Å². The van der Waals surface area contributed by atoms with Crippen molar-refractivity contribution in [3.05, 3.63) is 39.9 Å². The van der Waals surface area contributed by atoms with Crippen LogP contribution in [0.5, 0.6) is 0 Å². The van der Waals surface area contributed by atoms with Gasteiger partial charge in [0.05, 0.1) is 11.0 Å². The number of nitriles is 1. The van der Waals surface area contributed by atoms with Crippen molar-refractivity contribution in [2.45, 2.75) is 19.8 Å². The summed E-state index contributed by atoms with van der Waals surface area (Å²) in [4.78, 5) is 21.9. The summed E-state index contributed by atoms with van der Waals surface area (Å²) in [5.74, 6) is -0.467. The number of benzene rings is 1. The zero-order valence-corrected chi connectivity index (χ0v) is 9.42. The predicted octanol–water partition coefficient (Wildman–Crippen LogP) is 2.72. The van der Waals surface area contributed by atoms with Crippen molar-refractivity contribution in [2.75, 3.05) is 0 Å². The molecule has 5 nitrogen and oxygen atoms in total. The predicted molar refractivity (Wildman–Crippen MR) is 61.4 cm³/mol. The standard InChI is InChI=1S/C12H12N2O3/c1-2-9(7-8-13)12(15)10-3-5-11(6-4-10)14(16)17/h3-6,9H,2,7H2,1H3. The molecule has 0 aliphatic rings. The minimum absolute atomic E-state index is 0.0464. The highest BCUT2D eigenvalue weighted by Gasteiger charge is 2.18. The van der Waals surface area contributed by atoms with Crippen molar-refractivity contribution in [3.63, 3.8) is 0 Å². The quantitative estimate of drug-likeness (QED) is 0.444. The van der Waals surface area contributed by atoms with Crippen LogP contribution >= 0.6 is 0 Å². The molecule has 0 heterocycles. The second-order valence-electron chi connectivity index (χ2n) is 3.64. The lowest BCUT2D eigenvalue weighted by atomic mass is 9.93. The summed E-state index contributed by atoms with van der Waals surface area (Å²) in [6.45, 7) is 1.84. The molecule has 0 aromatic heterocycles. The van der Waals surface area contributed by atoms with Crippen molar-refractivity contribution in [3.8, 4) is 6.07 Å². The fourth-order valence-corrected chi connectivity index (χ4v) is 1.52. The highest BCUT2D eigenvalue weighted by Crippen LogP contribution is 2.18. The second-order valence-corrected chi connectivity index (χ2v) is 3.64. The maximum atomic E-state index is 11.9. The van der Waals surface area contributed by atoms with Crippen LogP contribution in [0.4, 0.5) is 5.69 Å². The van der Waals surface area contributed by atoms with E-state index in [9.17, 15) is 14.9 Å². The van der Waals surface area contributed by atoms with Crippen LogP contribution in [0.1, 0.15) is 30.1 Å². The van der Waals surface area contributed by atoms with Crippen LogP contribution in [0.25, 0.3) is 0 Å². The largest absolute Gasteiger partial charge is 0.294 e. The maximum Gasteiger partial charge on any atom is 0.269 e. The van der Waals surface area contributed by atoms with Crippen molar-refractivity contribution in [1.82, 2.24) is 0 Å². The van der Waals surface area contributed by atoms with E-state index in [1.165, 1.54) is 24.3 Å². The van der Waals surface area contributed by atoms with E-state index in [0.717, 1.165) is 0 Å². The first-order chi connectivity index (χ1) is 8.10. The lowest BCUT2D eigenvalue weighted by molar-refractivity contribution is -0.384. The first-order valence-electron chi connectivity index (χ1n) is 5.25. The fourth-order valence-electron chi connectivity index (χ4n) is 1.52. The molecule has 0 N–H and O–H groups in total. The molecule has 0 aliphatic heterocycles. The van der Waals surface area contributed by atoms with Gasteiger partial charge in [0.25, 0.3) is 5.69 Å². The Bertz CT molecular complexity index is 460. The van der Waals surface area contributed by atoms with Gasteiger partial charge >= 0.3 is 0 Å². The summed E-state index contributed by atoms with van der Waals surface area (Å²) < 4.78 is 0. The lowest BCUT2D eigenvalue weighted by Gasteiger charge is -2.09. The van der Waals surface area contributed by atoms with E-state index in [1.807, 2.05) is 13.0 Å². The van der Waals surface area contributed by atoms with Gasteiger partial charge in [0.15, 0.2) is 5.78 Å². The molecule has 0 saturated carbocycles. The zero-order chi connectivity index (χ0) is 12.8. The van der Waals surface area contributed by atoms with Gasteiger partial charge in [0, 0.05) is 30.0 Å². The molecule has 17 heavy (non-hydrogen) atoms. The zero-order valence-electron chi connectivity index (χ0n) is 9.42. The molecule has 1 aromatic carbocycles. The molecule has 5 heteroatoms. The maximum absolute atomic E-state index is 11.9. The summed E-state index contributed by atoms with van der Waals surface area (Å²) in [6.07, 6.45) is 0.760. The van der Waals surface area contributed by atoms with E-state index in [4.69, 9.17) is 5.26 Å². The van der Waals surface area contributed by atoms with Gasteiger partial charge in [-0.05, 0) is 18.6 Å². The summed E-state index contributed by atoms with van der Waals surface area (Å²) >= 11 is 0. The Morgan fingerprint density at radius 2 is 2.06 bits per heavy atom. The summed E-state index contributed by atoms with van der Waals surface area (Å²) in [6, 6.07) is 7.43. The first-order valence-corrected chi connectivity index (χ1v) is 5.25. The van der Waals surface area contributed by atoms with Gasteiger partial charge in [-0.2, -0.15) is 5.26 Å². The Labute approximate surface area is 98.8 Å². The fraction of sp³-hybridized carbons (Fsp3) is 0.333. The summed E-state index contributed by atoms with van der Waals surface area (Å²) in [5.41, 5.74) is 0.368. The third-order valence-electron chi connectivity index (χ3n) is 2.56. The molecule has 0 fully saturated rings.